The van der Waals surface area contributed by atoms with Gasteiger partial charge in [0.15, 0.2) is 12.2 Å². The van der Waals surface area contributed by atoms with Crippen LogP contribution >= 0.6 is 15.6 Å². The third kappa shape index (κ3) is 76.1. The van der Waals surface area contributed by atoms with Gasteiger partial charge in [0.05, 0.1) is 26.4 Å². The summed E-state index contributed by atoms with van der Waals surface area (Å²) in [5.74, 6) is -1.37. The monoisotopic (exact) mass is 1480 g/mol. The second-order valence-corrected chi connectivity index (χ2v) is 32.9. The molecule has 0 radical (unpaired) electrons. The Morgan fingerprint density at radius 2 is 0.455 bits per heavy atom. The third-order valence-corrected chi connectivity index (χ3v) is 21.2. The summed E-state index contributed by atoms with van der Waals surface area (Å²) in [6.45, 7) is 7.31. The molecule has 0 aliphatic rings. The van der Waals surface area contributed by atoms with Gasteiger partial charge in [-0.1, -0.05) is 388 Å². The summed E-state index contributed by atoms with van der Waals surface area (Å²) >= 11 is 0. The zero-order valence-corrected chi connectivity index (χ0v) is 67.8. The molecule has 3 N–H and O–H groups in total. The Balaban J connectivity index is 5.22. The van der Waals surface area contributed by atoms with Crippen LogP contribution in [0.4, 0.5) is 0 Å². The van der Waals surface area contributed by atoms with E-state index in [0.29, 0.717) is 25.7 Å². The van der Waals surface area contributed by atoms with Crippen molar-refractivity contribution in [3.63, 3.8) is 0 Å². The number of carbonyl (C=O) groups excluding carboxylic acids is 4. The number of ether oxygens (including phenoxy) is 4. The maximum atomic E-state index is 13.1. The van der Waals surface area contributed by atoms with Crippen molar-refractivity contribution in [1.29, 1.82) is 0 Å². The molecule has 0 aliphatic carbocycles. The number of aliphatic hydroxyl groups excluding tert-OH is 1. The summed E-state index contributed by atoms with van der Waals surface area (Å²) < 4.78 is 68.7. The normalized spacial score (nSPS) is 13.8. The van der Waals surface area contributed by atoms with Crippen molar-refractivity contribution in [2.45, 2.75) is 457 Å². The summed E-state index contributed by atoms with van der Waals surface area (Å²) in [5, 5.41) is 10.6. The second kappa shape index (κ2) is 74.9. The molecule has 600 valence electrons. The number of phosphoric ester groups is 2. The van der Waals surface area contributed by atoms with Gasteiger partial charge in [0.1, 0.15) is 19.3 Å². The van der Waals surface area contributed by atoms with Crippen molar-refractivity contribution in [2.75, 3.05) is 39.6 Å². The first-order valence-corrected chi connectivity index (χ1v) is 45.6. The number of unbranched alkanes of at least 4 members (excludes halogenated alkanes) is 54. The van der Waals surface area contributed by atoms with Crippen molar-refractivity contribution < 1.29 is 80.2 Å². The molecule has 0 aromatic carbocycles. The van der Waals surface area contributed by atoms with Crippen LogP contribution in [0, 0.1) is 5.92 Å². The van der Waals surface area contributed by atoms with Gasteiger partial charge in [0, 0.05) is 25.7 Å². The molecule has 0 saturated carbocycles. The minimum absolute atomic E-state index is 0.106. The van der Waals surface area contributed by atoms with Crippen LogP contribution in [0.3, 0.4) is 0 Å². The molecule has 0 rings (SSSR count). The fraction of sp³-hybridized carbons (Fsp3) is 0.951. The molecule has 0 saturated heterocycles. The van der Waals surface area contributed by atoms with Crippen molar-refractivity contribution in [1.82, 2.24) is 0 Å². The predicted octanol–water partition coefficient (Wildman–Crippen LogP) is 24.8. The lowest BCUT2D eigenvalue weighted by Crippen LogP contribution is -2.30. The van der Waals surface area contributed by atoms with Crippen LogP contribution in [0.15, 0.2) is 0 Å². The number of phosphoric acid groups is 2. The van der Waals surface area contributed by atoms with Crippen LogP contribution in [-0.4, -0.2) is 96.7 Å². The highest BCUT2D eigenvalue weighted by Crippen LogP contribution is 2.45. The van der Waals surface area contributed by atoms with Crippen LogP contribution in [0.5, 0.6) is 0 Å². The summed E-state index contributed by atoms with van der Waals surface area (Å²) in [6.07, 6.45) is 66.7. The van der Waals surface area contributed by atoms with Crippen LogP contribution in [0.25, 0.3) is 0 Å². The smallest absolute Gasteiger partial charge is 0.462 e. The predicted molar refractivity (Wildman–Crippen MR) is 414 cm³/mol. The minimum Gasteiger partial charge on any atom is -0.462 e. The number of aliphatic hydroxyl groups is 1. The molecular formula is C82H160O17P2. The largest absolute Gasteiger partial charge is 0.472 e. The average Bonchev–Trinajstić information content (AvgIpc) is 0.944. The fourth-order valence-corrected chi connectivity index (χ4v) is 14.3. The molecule has 2 unspecified atom stereocenters. The molecule has 17 nitrogen and oxygen atoms in total. The second-order valence-electron chi connectivity index (χ2n) is 30.0. The van der Waals surface area contributed by atoms with Gasteiger partial charge in [0.25, 0.3) is 0 Å². The molecular weight excluding hydrogens is 1320 g/mol. The molecule has 0 heterocycles. The SMILES string of the molecule is CCCCCCCCCCCCCCCCCCCCCCC(=O)O[C@H](COC(=O)CCCCCCCCCCCCCCCCCCCC)COP(=O)(O)OC[C@@H](O)COP(=O)(O)OC[C@@H](COC(=O)CCCCCCCCCCCCC)OC(=O)CCCCCCCCCCCC(C)C. The molecule has 0 amide bonds. The van der Waals surface area contributed by atoms with Gasteiger partial charge >= 0.3 is 39.5 Å². The van der Waals surface area contributed by atoms with E-state index in [4.69, 9.17) is 37.0 Å². The van der Waals surface area contributed by atoms with Crippen molar-refractivity contribution in [3.05, 3.63) is 0 Å². The summed E-state index contributed by atoms with van der Waals surface area (Å²) in [4.78, 5) is 73.0. The molecule has 0 bridgehead atoms. The van der Waals surface area contributed by atoms with E-state index in [1.807, 2.05) is 0 Å². The molecule has 5 atom stereocenters. The van der Waals surface area contributed by atoms with Gasteiger partial charge in [-0.25, -0.2) is 9.13 Å². The first kappa shape index (κ1) is 99.1. The van der Waals surface area contributed by atoms with Gasteiger partial charge in [-0.3, -0.25) is 37.3 Å². The van der Waals surface area contributed by atoms with Gasteiger partial charge in [-0.15, -0.1) is 0 Å². The highest BCUT2D eigenvalue weighted by molar-refractivity contribution is 7.47. The Hall–Kier alpha value is -1.94. The number of hydrogen-bond donors (Lipinski definition) is 3. The summed E-state index contributed by atoms with van der Waals surface area (Å²) in [6, 6.07) is 0. The van der Waals surface area contributed by atoms with E-state index in [0.717, 1.165) is 95.8 Å². The molecule has 0 fully saturated rings. The van der Waals surface area contributed by atoms with Gasteiger partial charge in [-0.05, 0) is 31.6 Å². The summed E-state index contributed by atoms with van der Waals surface area (Å²) in [7, 11) is -9.92. The van der Waals surface area contributed by atoms with E-state index >= 15 is 0 Å². The zero-order chi connectivity index (χ0) is 74.1. The topological polar surface area (TPSA) is 237 Å². The molecule has 0 aromatic heterocycles. The summed E-state index contributed by atoms with van der Waals surface area (Å²) in [5.41, 5.74) is 0. The van der Waals surface area contributed by atoms with Gasteiger partial charge < -0.3 is 33.8 Å². The Labute approximate surface area is 619 Å². The third-order valence-electron chi connectivity index (χ3n) is 19.3. The Kier molecular flexibility index (Phi) is 73.5. The number of hydrogen-bond acceptors (Lipinski definition) is 15. The van der Waals surface area contributed by atoms with E-state index in [2.05, 4.69) is 34.6 Å². The Morgan fingerprint density at radius 3 is 0.673 bits per heavy atom. The number of esters is 4. The lowest BCUT2D eigenvalue weighted by atomic mass is 10.0. The lowest BCUT2D eigenvalue weighted by Gasteiger charge is -2.21. The lowest BCUT2D eigenvalue weighted by molar-refractivity contribution is -0.161. The first-order valence-electron chi connectivity index (χ1n) is 42.6. The maximum Gasteiger partial charge on any atom is 0.472 e. The van der Waals surface area contributed by atoms with Gasteiger partial charge in [0.2, 0.25) is 0 Å². The maximum absolute atomic E-state index is 13.1. The molecule has 0 aromatic rings. The zero-order valence-electron chi connectivity index (χ0n) is 66.1. The van der Waals surface area contributed by atoms with E-state index in [-0.39, 0.29) is 25.7 Å². The minimum atomic E-state index is -4.96. The molecule has 0 spiro atoms. The molecule has 19 heteroatoms. The first-order chi connectivity index (χ1) is 49.0. The van der Waals surface area contributed by atoms with Crippen molar-refractivity contribution in [3.8, 4) is 0 Å². The van der Waals surface area contributed by atoms with Crippen molar-refractivity contribution in [2.24, 2.45) is 5.92 Å². The van der Waals surface area contributed by atoms with Gasteiger partial charge in [-0.2, -0.15) is 0 Å². The number of rotatable bonds is 82. The Morgan fingerprint density at radius 1 is 0.267 bits per heavy atom. The Bertz CT molecular complexity index is 1930. The van der Waals surface area contributed by atoms with Crippen LogP contribution in [0.1, 0.15) is 439 Å². The van der Waals surface area contributed by atoms with Crippen LogP contribution in [0.2, 0.25) is 0 Å². The highest BCUT2D eigenvalue weighted by Gasteiger charge is 2.30. The van der Waals surface area contributed by atoms with E-state index < -0.39 is 97.5 Å². The quantitative estimate of drug-likeness (QED) is 0.0222. The standard InChI is InChI=1S/C82H160O17P2/c1-6-9-12-15-18-21-24-26-28-30-32-33-35-37-39-42-47-52-57-62-67-81(86)98-77(71-93-80(85)66-61-56-51-46-41-38-36-34-31-29-27-25-22-19-16-13-10-7-2)73-96-100(88,89)94-69-76(83)70-95-101(90,91)97-74-78(72-92-79(84)65-60-55-50-45-40-23-20-17-14-11-8-3)99-82(87)68-63-58-53-48-43-44-49-54-59-64-75(4)5/h75-78,83H,6-74H2,1-5H3,(H,88,89)(H,90,91)/t76-,77-,78-/m1/s1. The average molecular weight is 1480 g/mol. The molecule has 0 aliphatic heterocycles. The van der Waals surface area contributed by atoms with Crippen LogP contribution < -0.4 is 0 Å². The van der Waals surface area contributed by atoms with Crippen LogP contribution in [-0.2, 0) is 65.4 Å². The number of carbonyl (C=O) groups is 4. The van der Waals surface area contributed by atoms with E-state index in [1.165, 1.54) is 263 Å². The highest BCUT2D eigenvalue weighted by atomic mass is 31.2. The molecule has 101 heavy (non-hydrogen) atoms. The fourth-order valence-electron chi connectivity index (χ4n) is 12.8. The van der Waals surface area contributed by atoms with E-state index in [9.17, 15) is 43.2 Å². The van der Waals surface area contributed by atoms with E-state index in [1.54, 1.807) is 0 Å². The van der Waals surface area contributed by atoms with Crippen molar-refractivity contribution >= 4 is 39.5 Å².